The van der Waals surface area contributed by atoms with Crippen molar-refractivity contribution >= 4 is 51.0 Å². The lowest BCUT2D eigenvalue weighted by Gasteiger charge is -2.08. The lowest BCUT2D eigenvalue weighted by molar-refractivity contribution is -0.120. The molecule has 0 spiro atoms. The molecule has 2 amide bonds. The second-order valence-electron chi connectivity index (χ2n) is 11.0. The highest BCUT2D eigenvalue weighted by atomic mass is 79.9. The van der Waals surface area contributed by atoms with Crippen LogP contribution in [0.25, 0.3) is 23.0 Å². The molecule has 0 atom stereocenters. The third kappa shape index (κ3) is 10.1. The van der Waals surface area contributed by atoms with Crippen LogP contribution in [0.3, 0.4) is 0 Å². The molecule has 9 heteroatoms. The summed E-state index contributed by atoms with van der Waals surface area (Å²) in [5, 5.41) is 7.71. The maximum Gasteiger partial charge on any atom is 0.238 e. The van der Waals surface area contributed by atoms with Crippen LogP contribution in [0.1, 0.15) is 54.4 Å². The van der Waals surface area contributed by atoms with E-state index >= 15 is 0 Å². The highest BCUT2D eigenvalue weighted by molar-refractivity contribution is 9.10. The minimum Gasteiger partial charge on any atom is -0.326 e. The molecule has 0 aliphatic carbocycles. The number of halogens is 1. The molecule has 5 rings (SSSR count). The predicted molar refractivity (Wildman–Crippen MR) is 191 cm³/mol. The standard InChI is InChI=1S/C38H36BrN5O3/c39-31-22-17-29(18-23-31)38-30(27-44(43-38)34-13-7-4-8-14-34)21-26-35(45)28-19-24-32(25-20-28)40-36(46)15-9-1-2-10-16-37(47)42-41-33-11-5-3-6-12-33/h3-8,11-14,17-27,41H,1-2,9-10,15-16H2,(H,40,46)(H,42,47)/b26-21+. The van der Waals surface area contributed by atoms with E-state index in [2.05, 4.69) is 32.1 Å². The monoisotopic (exact) mass is 689 g/mol. The van der Waals surface area contributed by atoms with Gasteiger partial charge in [-0.05, 0) is 85.7 Å². The summed E-state index contributed by atoms with van der Waals surface area (Å²) in [5.41, 5.74) is 11.0. The molecule has 1 aromatic heterocycles. The number of hydrogen-bond acceptors (Lipinski definition) is 5. The number of allylic oxidation sites excluding steroid dienone is 1. The number of nitrogens with one attached hydrogen (secondary N) is 3. The number of benzene rings is 4. The average Bonchev–Trinajstić information content (AvgIpc) is 3.53. The Bertz CT molecular complexity index is 1800. The van der Waals surface area contributed by atoms with Crippen LogP contribution in [-0.2, 0) is 9.59 Å². The molecule has 0 fully saturated rings. The zero-order valence-corrected chi connectivity index (χ0v) is 27.5. The highest BCUT2D eigenvalue weighted by Crippen LogP contribution is 2.26. The number of para-hydroxylation sites is 2. The fraction of sp³-hybridized carbons (Fsp3) is 0.158. The van der Waals surface area contributed by atoms with Crippen LogP contribution >= 0.6 is 15.9 Å². The molecule has 0 aliphatic heterocycles. The van der Waals surface area contributed by atoms with Gasteiger partial charge in [0.05, 0.1) is 17.1 Å². The number of unbranched alkanes of at least 4 members (excludes halogenated alkanes) is 3. The molecule has 0 unspecified atom stereocenters. The number of carbonyl (C=O) groups is 3. The predicted octanol–water partition coefficient (Wildman–Crippen LogP) is 8.62. The average molecular weight is 691 g/mol. The van der Waals surface area contributed by atoms with Crippen LogP contribution in [0.4, 0.5) is 11.4 Å². The van der Waals surface area contributed by atoms with Gasteiger partial charge in [-0.2, -0.15) is 5.10 Å². The Morgan fingerprint density at radius 3 is 2.02 bits per heavy atom. The molecule has 0 radical (unpaired) electrons. The number of carbonyl (C=O) groups excluding carboxylic acids is 3. The third-order valence-electron chi connectivity index (χ3n) is 7.43. The summed E-state index contributed by atoms with van der Waals surface area (Å²) in [5.74, 6) is -0.292. The smallest absolute Gasteiger partial charge is 0.238 e. The first kappa shape index (κ1) is 33.1. The van der Waals surface area contributed by atoms with Crippen molar-refractivity contribution in [3.63, 3.8) is 0 Å². The molecule has 47 heavy (non-hydrogen) atoms. The van der Waals surface area contributed by atoms with E-state index in [0.29, 0.717) is 24.1 Å². The van der Waals surface area contributed by atoms with Crippen LogP contribution in [0.15, 0.2) is 126 Å². The largest absolute Gasteiger partial charge is 0.326 e. The van der Waals surface area contributed by atoms with Crippen LogP contribution in [0.5, 0.6) is 0 Å². The van der Waals surface area contributed by atoms with Gasteiger partial charge in [-0.1, -0.05) is 77.3 Å². The van der Waals surface area contributed by atoms with Crippen LogP contribution in [0, 0.1) is 0 Å². The molecule has 8 nitrogen and oxygen atoms in total. The summed E-state index contributed by atoms with van der Waals surface area (Å²) in [4.78, 5) is 37.5. The maximum absolute atomic E-state index is 13.1. The molecule has 238 valence electrons. The summed E-state index contributed by atoms with van der Waals surface area (Å²) in [6, 6.07) is 34.1. The number of ketones is 1. The number of amides is 2. The zero-order chi connectivity index (χ0) is 32.8. The number of nitrogens with zero attached hydrogens (tertiary/aromatic N) is 2. The molecule has 0 aliphatic rings. The number of aromatic nitrogens is 2. The van der Waals surface area contributed by atoms with Crippen molar-refractivity contribution in [2.75, 3.05) is 10.7 Å². The van der Waals surface area contributed by atoms with E-state index in [1.54, 1.807) is 36.4 Å². The Labute approximate surface area is 283 Å². The molecule has 0 saturated carbocycles. The summed E-state index contributed by atoms with van der Waals surface area (Å²) in [6.07, 6.45) is 9.29. The van der Waals surface area contributed by atoms with Gasteiger partial charge in [0.2, 0.25) is 11.8 Å². The maximum atomic E-state index is 13.1. The second kappa shape index (κ2) is 16.9. The minimum absolute atomic E-state index is 0.0614. The molecule has 4 aromatic carbocycles. The van der Waals surface area contributed by atoms with Gasteiger partial charge in [-0.3, -0.25) is 25.2 Å². The third-order valence-corrected chi connectivity index (χ3v) is 7.95. The van der Waals surface area contributed by atoms with Crippen molar-refractivity contribution in [2.24, 2.45) is 0 Å². The molecule has 0 saturated heterocycles. The van der Waals surface area contributed by atoms with Crippen LogP contribution in [-0.4, -0.2) is 27.4 Å². The van der Waals surface area contributed by atoms with Crippen LogP contribution in [0.2, 0.25) is 0 Å². The lowest BCUT2D eigenvalue weighted by Crippen LogP contribution is -2.28. The van der Waals surface area contributed by atoms with E-state index in [4.69, 9.17) is 5.10 Å². The van der Waals surface area contributed by atoms with Gasteiger partial charge in [-0.25, -0.2) is 4.68 Å². The van der Waals surface area contributed by atoms with Crippen molar-refractivity contribution in [3.8, 4) is 16.9 Å². The van der Waals surface area contributed by atoms with Gasteiger partial charge < -0.3 is 5.32 Å². The van der Waals surface area contributed by atoms with Gasteiger partial charge >= 0.3 is 0 Å². The highest BCUT2D eigenvalue weighted by Gasteiger charge is 2.12. The molecular formula is C38H36BrN5O3. The van der Waals surface area contributed by atoms with Gasteiger partial charge in [-0.15, -0.1) is 0 Å². The number of rotatable bonds is 15. The molecule has 3 N–H and O–H groups in total. The molecule has 0 bridgehead atoms. The normalized spacial score (nSPS) is 10.9. The van der Waals surface area contributed by atoms with E-state index in [1.807, 2.05) is 95.8 Å². The Kier molecular flexibility index (Phi) is 11.9. The summed E-state index contributed by atoms with van der Waals surface area (Å²) >= 11 is 3.48. The van der Waals surface area contributed by atoms with E-state index in [-0.39, 0.29) is 17.6 Å². The van der Waals surface area contributed by atoms with Crippen molar-refractivity contribution in [1.29, 1.82) is 0 Å². The Morgan fingerprint density at radius 1 is 0.702 bits per heavy atom. The summed E-state index contributed by atoms with van der Waals surface area (Å²) in [6.45, 7) is 0. The Morgan fingerprint density at radius 2 is 1.34 bits per heavy atom. The molecule has 5 aromatic rings. The van der Waals surface area contributed by atoms with Crippen LogP contribution < -0.4 is 16.2 Å². The first-order valence-electron chi connectivity index (χ1n) is 15.6. The Balaban J connectivity index is 1.07. The van der Waals surface area contributed by atoms with E-state index in [0.717, 1.165) is 58.4 Å². The fourth-order valence-corrected chi connectivity index (χ4v) is 5.17. The molecule has 1 heterocycles. The number of anilines is 2. The summed E-state index contributed by atoms with van der Waals surface area (Å²) < 4.78 is 2.78. The quantitative estimate of drug-likeness (QED) is 0.0442. The SMILES string of the molecule is O=C(CCCCCCC(=O)Nc1ccc(C(=O)/C=C/c2cn(-c3ccccc3)nc2-c2ccc(Br)cc2)cc1)NNc1ccccc1. The van der Waals surface area contributed by atoms with Crippen molar-refractivity contribution < 1.29 is 14.4 Å². The first-order chi connectivity index (χ1) is 22.9. The van der Waals surface area contributed by atoms with Gasteiger partial charge in [0.1, 0.15) is 0 Å². The van der Waals surface area contributed by atoms with Gasteiger partial charge in [0, 0.05) is 45.9 Å². The molecular weight excluding hydrogens is 654 g/mol. The second-order valence-corrected chi connectivity index (χ2v) is 11.9. The van der Waals surface area contributed by atoms with Gasteiger partial charge in [0.15, 0.2) is 5.78 Å². The van der Waals surface area contributed by atoms with E-state index in [1.165, 1.54) is 0 Å². The topological polar surface area (TPSA) is 105 Å². The van der Waals surface area contributed by atoms with Gasteiger partial charge in [0.25, 0.3) is 0 Å². The zero-order valence-electron chi connectivity index (χ0n) is 25.9. The summed E-state index contributed by atoms with van der Waals surface area (Å²) in [7, 11) is 0. The number of hydrogen-bond donors (Lipinski definition) is 3. The van der Waals surface area contributed by atoms with E-state index in [9.17, 15) is 14.4 Å². The Hall–Kier alpha value is -5.28. The van der Waals surface area contributed by atoms with Crippen molar-refractivity contribution in [3.05, 3.63) is 137 Å². The minimum atomic E-state index is -0.151. The lowest BCUT2D eigenvalue weighted by atomic mass is 10.1. The van der Waals surface area contributed by atoms with Crippen molar-refractivity contribution in [2.45, 2.75) is 38.5 Å². The fourth-order valence-electron chi connectivity index (χ4n) is 4.91. The van der Waals surface area contributed by atoms with Crippen molar-refractivity contribution in [1.82, 2.24) is 15.2 Å². The first-order valence-corrected chi connectivity index (χ1v) is 16.4. The van der Waals surface area contributed by atoms with E-state index < -0.39 is 0 Å². The number of hydrazine groups is 1.